The molecule has 1 saturated carbocycles. The lowest BCUT2D eigenvalue weighted by Crippen LogP contribution is -2.56. The molecule has 0 aromatic rings. The van der Waals surface area contributed by atoms with E-state index in [2.05, 4.69) is 16.8 Å². The van der Waals surface area contributed by atoms with Crippen molar-refractivity contribution < 1.29 is 0 Å². The van der Waals surface area contributed by atoms with E-state index in [-0.39, 0.29) is 0 Å². The van der Waals surface area contributed by atoms with Crippen molar-refractivity contribution in [2.45, 2.75) is 69.1 Å². The van der Waals surface area contributed by atoms with Gasteiger partial charge in [-0.1, -0.05) is 6.42 Å². The molecule has 0 spiro atoms. The molecular weight excluding hydrogens is 210 g/mol. The fourth-order valence-electron chi connectivity index (χ4n) is 3.86. The maximum atomic E-state index is 6.16. The van der Waals surface area contributed by atoms with E-state index in [9.17, 15) is 0 Å². The molecule has 0 aromatic carbocycles. The molecule has 1 aliphatic carbocycles. The van der Waals surface area contributed by atoms with Gasteiger partial charge in [-0.15, -0.1) is 0 Å². The highest BCUT2D eigenvalue weighted by Gasteiger charge is 2.37. The second kappa shape index (κ2) is 4.87. The van der Waals surface area contributed by atoms with Crippen LogP contribution in [-0.4, -0.2) is 54.1 Å². The van der Waals surface area contributed by atoms with Crippen LogP contribution in [0.25, 0.3) is 0 Å². The van der Waals surface area contributed by atoms with Crippen molar-refractivity contribution in [3.05, 3.63) is 0 Å². The van der Waals surface area contributed by atoms with E-state index < -0.39 is 0 Å². The van der Waals surface area contributed by atoms with Crippen molar-refractivity contribution >= 4 is 0 Å². The maximum Gasteiger partial charge on any atom is 0.0115 e. The van der Waals surface area contributed by atoms with Gasteiger partial charge in [0, 0.05) is 37.3 Å². The van der Waals surface area contributed by atoms with Crippen molar-refractivity contribution in [3.8, 4) is 0 Å². The number of rotatable bonds is 4. The van der Waals surface area contributed by atoms with Crippen molar-refractivity contribution in [2.24, 2.45) is 5.73 Å². The number of nitrogens with zero attached hydrogens (tertiary/aromatic N) is 2. The lowest BCUT2D eigenvalue weighted by molar-refractivity contribution is 0.0250. The van der Waals surface area contributed by atoms with Crippen LogP contribution in [-0.2, 0) is 0 Å². The average molecular weight is 237 g/mol. The number of fused-ring (bicyclic) bond motifs is 2. The standard InChI is InChI=1S/C14H27N3/c1-16(12-5-6-12)7-8-17-13-3-2-4-14(17)10-11(15)9-13/h11-14H,2-10,15H2,1H3. The Labute approximate surface area is 105 Å². The van der Waals surface area contributed by atoms with Gasteiger partial charge in [0.2, 0.25) is 0 Å². The molecular formula is C14H27N3. The number of likely N-dealkylation sites (N-methyl/N-ethyl adjacent to an activating group) is 1. The molecule has 2 aliphatic heterocycles. The van der Waals surface area contributed by atoms with Crippen LogP contribution in [0, 0.1) is 0 Å². The van der Waals surface area contributed by atoms with Gasteiger partial charge in [0.25, 0.3) is 0 Å². The van der Waals surface area contributed by atoms with Crippen molar-refractivity contribution in [3.63, 3.8) is 0 Å². The molecule has 2 heterocycles. The highest BCUT2D eigenvalue weighted by atomic mass is 15.3. The SMILES string of the molecule is CN(CCN1C2CCCC1CC(N)C2)C1CC1. The van der Waals surface area contributed by atoms with Crippen molar-refractivity contribution in [1.29, 1.82) is 0 Å². The summed E-state index contributed by atoms with van der Waals surface area (Å²) in [5, 5.41) is 0. The van der Waals surface area contributed by atoms with Gasteiger partial charge in [0.15, 0.2) is 0 Å². The molecule has 3 rings (SSSR count). The zero-order valence-electron chi connectivity index (χ0n) is 11.1. The molecule has 2 atom stereocenters. The lowest BCUT2D eigenvalue weighted by Gasteiger charge is -2.48. The van der Waals surface area contributed by atoms with Crippen molar-refractivity contribution in [2.75, 3.05) is 20.1 Å². The predicted octanol–water partition coefficient (Wildman–Crippen LogP) is 1.42. The number of hydrogen-bond acceptors (Lipinski definition) is 3. The van der Waals surface area contributed by atoms with Crippen LogP contribution in [0.15, 0.2) is 0 Å². The van der Waals surface area contributed by atoms with Crippen molar-refractivity contribution in [1.82, 2.24) is 9.80 Å². The van der Waals surface area contributed by atoms with Gasteiger partial charge in [-0.2, -0.15) is 0 Å². The van der Waals surface area contributed by atoms with Crippen LogP contribution in [0.2, 0.25) is 0 Å². The van der Waals surface area contributed by atoms with E-state index >= 15 is 0 Å². The number of piperidine rings is 2. The fourth-order valence-corrected chi connectivity index (χ4v) is 3.86. The molecule has 0 radical (unpaired) electrons. The lowest BCUT2D eigenvalue weighted by atomic mass is 9.82. The third kappa shape index (κ3) is 2.67. The molecule has 3 fully saturated rings. The van der Waals surface area contributed by atoms with Gasteiger partial charge < -0.3 is 10.6 Å². The van der Waals surface area contributed by atoms with Gasteiger partial charge in [-0.05, 0) is 45.6 Å². The van der Waals surface area contributed by atoms with E-state index in [1.807, 2.05) is 0 Å². The summed E-state index contributed by atoms with van der Waals surface area (Å²) < 4.78 is 0. The molecule has 3 heteroatoms. The largest absolute Gasteiger partial charge is 0.328 e. The minimum Gasteiger partial charge on any atom is -0.328 e. The Hall–Kier alpha value is -0.120. The number of hydrogen-bond donors (Lipinski definition) is 1. The summed E-state index contributed by atoms with van der Waals surface area (Å²) in [6.07, 6.45) is 9.53. The van der Waals surface area contributed by atoms with E-state index in [1.165, 1.54) is 58.0 Å². The normalized spacial score (nSPS) is 38.6. The Balaban J connectivity index is 1.54. The quantitative estimate of drug-likeness (QED) is 0.803. The van der Waals surface area contributed by atoms with Crippen LogP contribution < -0.4 is 5.73 Å². The fraction of sp³-hybridized carbons (Fsp3) is 1.00. The van der Waals surface area contributed by atoms with E-state index in [0.717, 1.165) is 18.1 Å². The average Bonchev–Trinajstić information content (AvgIpc) is 3.09. The molecule has 0 amide bonds. The summed E-state index contributed by atoms with van der Waals surface area (Å²) in [4.78, 5) is 5.34. The summed E-state index contributed by atoms with van der Waals surface area (Å²) in [6.45, 7) is 2.53. The Morgan fingerprint density at radius 3 is 2.35 bits per heavy atom. The summed E-state index contributed by atoms with van der Waals surface area (Å²) in [6, 6.07) is 2.97. The molecule has 2 unspecified atom stereocenters. The van der Waals surface area contributed by atoms with Crippen LogP contribution in [0.3, 0.4) is 0 Å². The molecule has 3 nitrogen and oxygen atoms in total. The van der Waals surface area contributed by atoms with Gasteiger partial charge in [-0.25, -0.2) is 0 Å². The smallest absolute Gasteiger partial charge is 0.0115 e. The monoisotopic (exact) mass is 237 g/mol. The first kappa shape index (κ1) is 11.9. The van der Waals surface area contributed by atoms with Crippen LogP contribution in [0.1, 0.15) is 44.9 Å². The third-order valence-corrected chi connectivity index (χ3v) is 5.04. The van der Waals surface area contributed by atoms with Crippen LogP contribution >= 0.6 is 0 Å². The van der Waals surface area contributed by atoms with Gasteiger partial charge in [-0.3, -0.25) is 4.90 Å². The Bertz CT molecular complexity index is 250. The first-order chi connectivity index (χ1) is 8.24. The van der Waals surface area contributed by atoms with E-state index in [1.54, 1.807) is 0 Å². The van der Waals surface area contributed by atoms with E-state index in [0.29, 0.717) is 6.04 Å². The summed E-state index contributed by atoms with van der Waals surface area (Å²) in [7, 11) is 2.29. The maximum absolute atomic E-state index is 6.16. The highest BCUT2D eigenvalue weighted by Crippen LogP contribution is 2.33. The van der Waals surface area contributed by atoms with Gasteiger partial charge in [0.05, 0.1) is 0 Å². The molecule has 3 aliphatic rings. The second-order valence-corrected chi connectivity index (χ2v) is 6.42. The molecule has 2 saturated heterocycles. The molecule has 0 aromatic heterocycles. The third-order valence-electron chi connectivity index (χ3n) is 5.04. The molecule has 2 bridgehead atoms. The topological polar surface area (TPSA) is 32.5 Å². The second-order valence-electron chi connectivity index (χ2n) is 6.42. The molecule has 17 heavy (non-hydrogen) atoms. The Morgan fingerprint density at radius 2 is 1.76 bits per heavy atom. The summed E-state index contributed by atoms with van der Waals surface area (Å²) in [5.74, 6) is 0. The molecule has 98 valence electrons. The van der Waals surface area contributed by atoms with Crippen LogP contribution in [0.5, 0.6) is 0 Å². The van der Waals surface area contributed by atoms with Gasteiger partial charge >= 0.3 is 0 Å². The summed E-state index contributed by atoms with van der Waals surface area (Å²) >= 11 is 0. The van der Waals surface area contributed by atoms with E-state index in [4.69, 9.17) is 5.73 Å². The zero-order chi connectivity index (χ0) is 11.8. The minimum absolute atomic E-state index is 0.475. The zero-order valence-corrected chi connectivity index (χ0v) is 11.1. The summed E-state index contributed by atoms with van der Waals surface area (Å²) in [5.41, 5.74) is 6.16. The van der Waals surface area contributed by atoms with Crippen LogP contribution in [0.4, 0.5) is 0 Å². The predicted molar refractivity (Wildman–Crippen MR) is 71.0 cm³/mol. The highest BCUT2D eigenvalue weighted by molar-refractivity contribution is 4.94. The number of nitrogens with two attached hydrogens (primary N) is 1. The molecule has 2 N–H and O–H groups in total. The Morgan fingerprint density at radius 1 is 1.12 bits per heavy atom. The van der Waals surface area contributed by atoms with Gasteiger partial charge in [0.1, 0.15) is 0 Å². The first-order valence-corrected chi connectivity index (χ1v) is 7.45. The minimum atomic E-state index is 0.475. The first-order valence-electron chi connectivity index (χ1n) is 7.45. The Kier molecular flexibility index (Phi) is 3.42.